The van der Waals surface area contributed by atoms with Crippen molar-refractivity contribution in [2.24, 2.45) is 13.0 Å². The third-order valence-corrected chi connectivity index (χ3v) is 7.10. The zero-order valence-electron chi connectivity index (χ0n) is 16.1. The third kappa shape index (κ3) is 3.55. The maximum Gasteiger partial charge on any atom is 0.258 e. The number of pyridine rings is 1. The minimum absolute atomic E-state index is 0.0613. The number of hydrogen-bond acceptors (Lipinski definition) is 4. The van der Waals surface area contributed by atoms with Crippen LogP contribution in [0.5, 0.6) is 5.75 Å². The molecule has 2 aromatic carbocycles. The molecule has 0 amide bonds. The van der Waals surface area contributed by atoms with Crippen LogP contribution in [0.3, 0.4) is 0 Å². The van der Waals surface area contributed by atoms with E-state index in [-0.39, 0.29) is 11.3 Å². The lowest BCUT2D eigenvalue weighted by atomic mass is 10.00. The number of rotatable bonds is 6. The summed E-state index contributed by atoms with van der Waals surface area (Å²) in [7, 11) is -1.13. The van der Waals surface area contributed by atoms with E-state index in [1.807, 2.05) is 30.3 Å². The highest BCUT2D eigenvalue weighted by Gasteiger charge is 2.24. The maximum atomic E-state index is 12.5. The van der Waals surface area contributed by atoms with Crippen molar-refractivity contribution in [1.82, 2.24) is 4.57 Å². The van der Waals surface area contributed by atoms with Gasteiger partial charge in [-0.25, -0.2) is 0 Å². The second kappa shape index (κ2) is 7.28. The van der Waals surface area contributed by atoms with E-state index in [1.165, 1.54) is 12.8 Å². The summed E-state index contributed by atoms with van der Waals surface area (Å²) in [5.41, 5.74) is 1.56. The summed E-state index contributed by atoms with van der Waals surface area (Å²) in [4.78, 5) is 13.0. The summed E-state index contributed by atoms with van der Waals surface area (Å²) in [6.45, 7) is 2.41. The minimum Gasteiger partial charge on any atom is -0.493 e. The molecule has 0 spiro atoms. The molecule has 0 aliphatic heterocycles. The van der Waals surface area contributed by atoms with Crippen LogP contribution in [0.4, 0.5) is 0 Å². The van der Waals surface area contributed by atoms with Gasteiger partial charge in [0.1, 0.15) is 5.75 Å². The Morgan fingerprint density at radius 1 is 1.11 bits per heavy atom. The van der Waals surface area contributed by atoms with Crippen LogP contribution in [-0.2, 0) is 7.05 Å². The van der Waals surface area contributed by atoms with Gasteiger partial charge in [0, 0.05) is 35.5 Å². The molecule has 0 saturated heterocycles. The molecule has 1 saturated carbocycles. The van der Waals surface area contributed by atoms with Crippen molar-refractivity contribution >= 4 is 21.4 Å². The van der Waals surface area contributed by atoms with Crippen molar-refractivity contribution in [1.29, 1.82) is 0 Å². The number of aryl methyl sites for hydroxylation is 1. The van der Waals surface area contributed by atoms with E-state index in [9.17, 15) is 13.9 Å². The van der Waals surface area contributed by atoms with Crippen molar-refractivity contribution < 1.29 is 13.8 Å². The van der Waals surface area contributed by atoms with Crippen LogP contribution < -0.4 is 10.3 Å². The van der Waals surface area contributed by atoms with E-state index < -0.39 is 10.6 Å². The Morgan fingerprint density at radius 3 is 2.50 bits per heavy atom. The molecule has 1 fully saturated rings. The zero-order valence-corrected chi connectivity index (χ0v) is 16.9. The first kappa shape index (κ1) is 19.1. The van der Waals surface area contributed by atoms with Gasteiger partial charge in [-0.1, -0.05) is 18.2 Å². The van der Waals surface area contributed by atoms with Crippen molar-refractivity contribution in [2.75, 3.05) is 12.4 Å². The smallest absolute Gasteiger partial charge is 0.258 e. The standard InChI is InChI=1S/C22H25NO4S/c1-3-28(25,26)16-10-11-21(27-14-15-8-9-15)19(12-16)20-13-23(2)22(24)18-7-5-4-6-17(18)20/h4-7,10-13,15,25-26H,3,8-9,14H2,1-2H3. The van der Waals surface area contributed by atoms with Crippen LogP contribution in [0.15, 0.2) is 58.4 Å². The van der Waals surface area contributed by atoms with Crippen molar-refractivity contribution in [3.05, 3.63) is 59.0 Å². The molecule has 4 rings (SSSR count). The van der Waals surface area contributed by atoms with Crippen molar-refractivity contribution in [3.8, 4) is 16.9 Å². The molecule has 0 radical (unpaired) electrons. The van der Waals surface area contributed by atoms with Crippen LogP contribution in [0.1, 0.15) is 19.8 Å². The second-order valence-electron chi connectivity index (χ2n) is 7.37. The highest BCUT2D eigenvalue weighted by atomic mass is 32.3. The lowest BCUT2D eigenvalue weighted by molar-refractivity contribution is 0.301. The normalized spacial score (nSPS) is 15.0. The second-order valence-corrected chi connectivity index (χ2v) is 9.75. The quantitative estimate of drug-likeness (QED) is 0.603. The Morgan fingerprint density at radius 2 is 1.82 bits per heavy atom. The van der Waals surface area contributed by atoms with Gasteiger partial charge in [0.2, 0.25) is 0 Å². The lowest BCUT2D eigenvalue weighted by Gasteiger charge is -2.31. The number of fused-ring (bicyclic) bond motifs is 1. The monoisotopic (exact) mass is 399 g/mol. The summed E-state index contributed by atoms with van der Waals surface area (Å²) in [6.07, 6.45) is 4.17. The fourth-order valence-corrected chi connectivity index (χ4v) is 4.26. The van der Waals surface area contributed by atoms with E-state index in [2.05, 4.69) is 0 Å². The maximum absolute atomic E-state index is 12.5. The van der Waals surface area contributed by atoms with Gasteiger partial charge < -0.3 is 9.30 Å². The van der Waals surface area contributed by atoms with E-state index in [0.717, 1.165) is 16.5 Å². The molecule has 5 nitrogen and oxygen atoms in total. The Hall–Kier alpha value is -2.28. The Bertz CT molecular complexity index is 1090. The van der Waals surface area contributed by atoms with Crippen LogP contribution in [0.25, 0.3) is 21.9 Å². The molecule has 1 heterocycles. The van der Waals surface area contributed by atoms with Crippen LogP contribution >= 0.6 is 10.6 Å². The number of ether oxygens (including phenoxy) is 1. The first-order valence-electron chi connectivity index (χ1n) is 9.52. The molecule has 1 aromatic heterocycles. The van der Waals surface area contributed by atoms with E-state index in [0.29, 0.717) is 28.6 Å². The van der Waals surface area contributed by atoms with E-state index in [1.54, 1.807) is 36.9 Å². The van der Waals surface area contributed by atoms with Crippen molar-refractivity contribution in [2.45, 2.75) is 24.7 Å². The SMILES string of the molecule is CCS(O)(O)c1ccc(OCC2CC2)c(-c2cn(C)c(=O)c3ccccc23)c1. The van der Waals surface area contributed by atoms with Crippen LogP contribution in [0, 0.1) is 5.92 Å². The Labute approximate surface area is 165 Å². The van der Waals surface area contributed by atoms with Crippen LogP contribution in [0.2, 0.25) is 0 Å². The summed E-state index contributed by atoms with van der Waals surface area (Å²) in [5.74, 6) is 1.55. The molecule has 3 aromatic rings. The fourth-order valence-electron chi connectivity index (χ4n) is 3.34. The zero-order chi connectivity index (χ0) is 19.9. The number of aromatic nitrogens is 1. The molecular formula is C22H25NO4S. The van der Waals surface area contributed by atoms with Crippen molar-refractivity contribution in [3.63, 3.8) is 0 Å². The fraction of sp³-hybridized carbons (Fsp3) is 0.318. The average Bonchev–Trinajstić information content (AvgIpc) is 3.53. The molecule has 2 N–H and O–H groups in total. The predicted octanol–water partition coefficient (Wildman–Crippen LogP) is 5.12. The first-order chi connectivity index (χ1) is 13.4. The molecule has 6 heteroatoms. The van der Waals surface area contributed by atoms with Gasteiger partial charge in [0.05, 0.1) is 11.5 Å². The minimum atomic E-state index is -2.86. The van der Waals surface area contributed by atoms with E-state index in [4.69, 9.17) is 4.74 Å². The molecule has 1 aliphatic rings. The summed E-state index contributed by atoms with van der Waals surface area (Å²) >= 11 is 0. The van der Waals surface area contributed by atoms with Gasteiger partial charge in [-0.05, 0) is 55.3 Å². The summed E-state index contributed by atoms with van der Waals surface area (Å²) in [5, 5.41) is 1.45. The molecule has 0 bridgehead atoms. The number of hydrogen-bond donors (Lipinski definition) is 2. The van der Waals surface area contributed by atoms with Crippen LogP contribution in [-0.4, -0.2) is 26.0 Å². The topological polar surface area (TPSA) is 71.7 Å². The Balaban J connectivity index is 1.94. The summed E-state index contributed by atoms with van der Waals surface area (Å²) < 4.78 is 28.5. The van der Waals surface area contributed by atoms with Gasteiger partial charge >= 0.3 is 0 Å². The van der Waals surface area contributed by atoms with E-state index >= 15 is 0 Å². The summed E-state index contributed by atoms with van der Waals surface area (Å²) in [6, 6.07) is 12.8. The molecular weight excluding hydrogens is 374 g/mol. The molecule has 0 atom stereocenters. The van der Waals surface area contributed by atoms with Gasteiger partial charge in [-0.3, -0.25) is 13.9 Å². The van der Waals surface area contributed by atoms with Gasteiger partial charge in [-0.2, -0.15) is 10.6 Å². The molecule has 0 unspecified atom stereocenters. The molecule has 148 valence electrons. The van der Waals surface area contributed by atoms with Gasteiger partial charge in [-0.15, -0.1) is 0 Å². The largest absolute Gasteiger partial charge is 0.493 e. The lowest BCUT2D eigenvalue weighted by Crippen LogP contribution is -2.16. The first-order valence-corrected chi connectivity index (χ1v) is 11.2. The highest BCUT2D eigenvalue weighted by molar-refractivity contribution is 8.24. The number of benzene rings is 2. The Kier molecular flexibility index (Phi) is 4.95. The molecule has 1 aliphatic carbocycles. The van der Waals surface area contributed by atoms with Gasteiger partial charge in [0.25, 0.3) is 5.56 Å². The highest BCUT2D eigenvalue weighted by Crippen LogP contribution is 2.50. The average molecular weight is 400 g/mol. The predicted molar refractivity (Wildman–Crippen MR) is 114 cm³/mol. The van der Waals surface area contributed by atoms with Gasteiger partial charge in [0.15, 0.2) is 0 Å². The third-order valence-electron chi connectivity index (χ3n) is 5.28. The number of nitrogens with zero attached hydrogens (tertiary/aromatic N) is 1. The molecule has 28 heavy (non-hydrogen) atoms.